The molecule has 31 heavy (non-hydrogen) atoms. The van der Waals surface area contributed by atoms with Crippen molar-refractivity contribution in [2.24, 2.45) is 0 Å². The van der Waals surface area contributed by atoms with Crippen LogP contribution < -0.4 is 59.1 Å². The summed E-state index contributed by atoms with van der Waals surface area (Å²) in [6, 6.07) is 7.87. The summed E-state index contributed by atoms with van der Waals surface area (Å²) in [7, 11) is -7.69. The van der Waals surface area contributed by atoms with E-state index in [0.29, 0.717) is 10.0 Å². The fourth-order valence-electron chi connectivity index (χ4n) is 1.44. The molecule has 2 rings (SSSR count). The minimum absolute atomic E-state index is 0. The minimum Gasteiger partial charge on any atom is -0.458 e. The Kier molecular flexibility index (Phi) is 26.5. The van der Waals surface area contributed by atoms with E-state index in [-0.39, 0.29) is 95.4 Å². The number of halogens is 6. The standard InChI is InChI=1S/2C6H3Cl3NO2S.2Na.3H2O/c2*7-4-1-2-6(5(8)3-4)13(11,12)10-9;;;;;/h2*1-3H;;;3*1H2/q2*-1;2*+1;;;. The van der Waals surface area contributed by atoms with E-state index in [2.05, 4.69) is 8.48 Å². The van der Waals surface area contributed by atoms with Gasteiger partial charge in [0.1, 0.15) is 20.0 Å². The Morgan fingerprint density at radius 3 is 1.03 bits per heavy atom. The molecule has 6 N–H and O–H groups in total. The Morgan fingerprint density at radius 1 is 0.581 bits per heavy atom. The van der Waals surface area contributed by atoms with E-state index in [1.807, 2.05) is 0 Å². The van der Waals surface area contributed by atoms with Crippen molar-refractivity contribution in [3.8, 4) is 0 Å². The van der Waals surface area contributed by atoms with E-state index in [0.717, 1.165) is 0 Å². The molecule has 0 bridgehead atoms. The summed E-state index contributed by atoms with van der Waals surface area (Å²) >= 11 is 32.1. The van der Waals surface area contributed by atoms with Gasteiger partial charge in [0.05, 0.1) is 19.8 Å². The Bertz CT molecular complexity index is 935. The largest absolute Gasteiger partial charge is 1.00 e. The molecule has 19 heteroatoms. The summed E-state index contributed by atoms with van der Waals surface area (Å²) in [6.07, 6.45) is 0. The van der Waals surface area contributed by atoms with Crippen LogP contribution in [0.4, 0.5) is 0 Å². The number of sulfonamides is 2. The molecule has 0 aliphatic rings. The number of benzene rings is 2. The molecule has 9 nitrogen and oxygen atoms in total. The van der Waals surface area contributed by atoms with Crippen LogP contribution >= 0.6 is 70.0 Å². The Balaban J connectivity index is -0.000000125. The van der Waals surface area contributed by atoms with E-state index in [1.54, 1.807) is 0 Å². The van der Waals surface area contributed by atoms with Crippen molar-refractivity contribution in [1.29, 1.82) is 0 Å². The summed E-state index contributed by atoms with van der Waals surface area (Å²) in [5, 5.41) is 0.686. The van der Waals surface area contributed by atoms with Gasteiger partial charge in [-0.25, -0.2) is 16.8 Å². The number of hydrogen-bond donors (Lipinski definition) is 0. The van der Waals surface area contributed by atoms with Crippen molar-refractivity contribution in [2.45, 2.75) is 9.79 Å². The first-order chi connectivity index (χ1) is 11.9. The maximum Gasteiger partial charge on any atom is 1.00 e. The fraction of sp³-hybridized carbons (Fsp3) is 0. The zero-order valence-corrected chi connectivity index (χ0v) is 25.7. The maximum absolute atomic E-state index is 11.1. The van der Waals surface area contributed by atoms with Gasteiger partial charge in [-0.05, 0) is 36.4 Å². The molecule has 0 radical (unpaired) electrons. The smallest absolute Gasteiger partial charge is 0.458 e. The zero-order valence-electron chi connectivity index (χ0n) is 15.6. The third-order valence-electron chi connectivity index (χ3n) is 2.53. The monoisotopic (exact) mass is 616 g/mol. The molecule has 0 aliphatic carbocycles. The first-order valence-corrected chi connectivity index (χ1v) is 11.1. The summed E-state index contributed by atoms with van der Waals surface area (Å²) in [5.74, 6) is 0. The normalized spacial score (nSPS) is 9.74. The van der Waals surface area contributed by atoms with Gasteiger partial charge in [-0.15, -0.1) is 0 Å². The van der Waals surface area contributed by atoms with Crippen LogP contribution in [0.2, 0.25) is 20.1 Å². The number of hydrogen-bond acceptors (Lipinski definition) is 4. The Hall–Kier alpha value is 1.88. The molecule has 2 aromatic rings. The van der Waals surface area contributed by atoms with Crippen molar-refractivity contribution in [3.05, 3.63) is 65.0 Å². The summed E-state index contributed by atoms with van der Waals surface area (Å²) in [4.78, 5) is -0.317. The first-order valence-electron chi connectivity index (χ1n) is 6.01. The van der Waals surface area contributed by atoms with Crippen LogP contribution in [0, 0.1) is 0 Å². The quantitative estimate of drug-likeness (QED) is 0.357. The Labute approximate surface area is 253 Å². The third-order valence-corrected chi connectivity index (χ3v) is 7.12. The molecule has 0 saturated carbocycles. The van der Waals surface area contributed by atoms with Crippen LogP contribution in [0.5, 0.6) is 0 Å². The van der Waals surface area contributed by atoms with Crippen LogP contribution in [0.1, 0.15) is 0 Å². The van der Waals surface area contributed by atoms with E-state index >= 15 is 0 Å². The molecule has 0 atom stereocenters. The summed E-state index contributed by atoms with van der Waals surface area (Å²) in [6.45, 7) is 0. The maximum atomic E-state index is 11.1. The number of nitrogens with zero attached hydrogens (tertiary/aromatic N) is 2. The molecule has 0 aliphatic heterocycles. The second kappa shape index (κ2) is 19.1. The molecule has 0 unspecified atom stereocenters. The average Bonchev–Trinajstić information content (AvgIpc) is 2.54. The van der Waals surface area contributed by atoms with E-state index in [1.165, 1.54) is 36.4 Å². The van der Waals surface area contributed by atoms with Gasteiger partial charge < -0.3 is 24.9 Å². The van der Waals surface area contributed by atoms with Crippen LogP contribution in [-0.4, -0.2) is 33.3 Å². The van der Waals surface area contributed by atoms with Crippen molar-refractivity contribution in [1.82, 2.24) is 0 Å². The van der Waals surface area contributed by atoms with Gasteiger partial charge in [0.25, 0.3) is 0 Å². The SMILES string of the molecule is O.O.O.O=S(=O)([N-]Cl)c1ccc(Cl)cc1Cl.O=S(=O)([N-]Cl)c1ccc(Cl)cc1Cl.[Na+].[Na+]. The van der Waals surface area contributed by atoms with Crippen LogP contribution in [0.3, 0.4) is 0 Å². The van der Waals surface area contributed by atoms with Gasteiger partial charge in [0.15, 0.2) is 0 Å². The Morgan fingerprint density at radius 2 is 0.839 bits per heavy atom. The van der Waals surface area contributed by atoms with Crippen LogP contribution in [-0.2, 0) is 20.0 Å². The molecular formula is C12H12Cl6N2Na2O7S2. The summed E-state index contributed by atoms with van der Waals surface area (Å²) in [5.41, 5.74) is 0. The second-order valence-electron chi connectivity index (χ2n) is 4.24. The molecule has 0 aromatic heterocycles. The van der Waals surface area contributed by atoms with Crippen molar-refractivity contribution >= 4 is 90.0 Å². The van der Waals surface area contributed by atoms with Crippen LogP contribution in [0.15, 0.2) is 46.2 Å². The van der Waals surface area contributed by atoms with Crippen LogP contribution in [0.25, 0.3) is 8.48 Å². The predicted octanol–water partition coefficient (Wildman–Crippen LogP) is -2.05. The van der Waals surface area contributed by atoms with Gasteiger partial charge in [0.2, 0.25) is 0 Å². The summed E-state index contributed by atoms with van der Waals surface area (Å²) < 4.78 is 49.8. The van der Waals surface area contributed by atoms with Crippen molar-refractivity contribution in [2.75, 3.05) is 0 Å². The van der Waals surface area contributed by atoms with Gasteiger partial charge in [0, 0.05) is 10.0 Å². The van der Waals surface area contributed by atoms with Gasteiger partial charge in [-0.2, -0.15) is 0 Å². The van der Waals surface area contributed by atoms with E-state index in [4.69, 9.17) is 70.0 Å². The fourth-order valence-corrected chi connectivity index (χ4v) is 4.53. The molecule has 0 saturated heterocycles. The first kappa shape index (κ1) is 43.0. The molecule has 168 valence electrons. The average molecular weight is 619 g/mol. The molecule has 0 amide bonds. The topological polar surface area (TPSA) is 191 Å². The van der Waals surface area contributed by atoms with E-state index in [9.17, 15) is 16.8 Å². The second-order valence-corrected chi connectivity index (χ2v) is 9.81. The number of rotatable bonds is 4. The van der Waals surface area contributed by atoms with Gasteiger partial charge >= 0.3 is 59.1 Å². The molecule has 0 fully saturated rings. The van der Waals surface area contributed by atoms with Crippen molar-refractivity contribution in [3.63, 3.8) is 0 Å². The predicted molar refractivity (Wildman–Crippen MR) is 117 cm³/mol. The minimum atomic E-state index is -3.85. The zero-order chi connectivity index (χ0) is 20.1. The van der Waals surface area contributed by atoms with Crippen molar-refractivity contribution < 1.29 is 92.4 Å². The third kappa shape index (κ3) is 13.5. The molecular weight excluding hydrogens is 607 g/mol. The molecule has 0 heterocycles. The molecule has 0 spiro atoms. The van der Waals surface area contributed by atoms with Gasteiger partial charge in [-0.3, -0.25) is 23.6 Å². The van der Waals surface area contributed by atoms with Gasteiger partial charge in [-0.1, -0.05) is 46.4 Å². The van der Waals surface area contributed by atoms with E-state index < -0.39 is 20.0 Å². The molecule has 2 aromatic carbocycles.